The summed E-state index contributed by atoms with van der Waals surface area (Å²) in [6.45, 7) is 1.87. The molecule has 0 bridgehead atoms. The number of rotatable bonds is 5. The van der Waals surface area contributed by atoms with Crippen LogP contribution < -0.4 is 5.32 Å². The molecule has 3 rings (SSSR count). The topological polar surface area (TPSA) is 58.6 Å². The zero-order valence-corrected chi connectivity index (χ0v) is 13.1. The lowest BCUT2D eigenvalue weighted by atomic mass is 10.0. The Bertz CT molecular complexity index is 769. The summed E-state index contributed by atoms with van der Waals surface area (Å²) in [5.74, 6) is -1.71. The molecule has 2 aromatic carbocycles. The quantitative estimate of drug-likeness (QED) is 0.873. The standard InChI is InChI=1S/C19H18FNO3/c20-17-11-16(19(22)23)5-6-18(17)21-12-13-1-3-14(4-2-13)15-7-9-24-10-8-15/h1-7,11,21H,8-10,12H2,(H,22,23). The predicted molar refractivity (Wildman–Crippen MR) is 90.5 cm³/mol. The molecule has 0 atom stereocenters. The molecule has 1 aliphatic heterocycles. The Labute approximate surface area is 139 Å². The van der Waals surface area contributed by atoms with Crippen LogP contribution in [-0.4, -0.2) is 24.3 Å². The highest BCUT2D eigenvalue weighted by Gasteiger charge is 2.09. The van der Waals surface area contributed by atoms with E-state index >= 15 is 0 Å². The van der Waals surface area contributed by atoms with Crippen molar-refractivity contribution in [3.8, 4) is 0 Å². The molecule has 2 aromatic rings. The van der Waals surface area contributed by atoms with Crippen molar-refractivity contribution in [1.82, 2.24) is 0 Å². The number of carboxylic acids is 1. The average molecular weight is 327 g/mol. The van der Waals surface area contributed by atoms with Gasteiger partial charge in [0.2, 0.25) is 0 Å². The molecule has 2 N–H and O–H groups in total. The number of hydrogen-bond donors (Lipinski definition) is 2. The Morgan fingerprint density at radius 1 is 1.21 bits per heavy atom. The second-order valence-corrected chi connectivity index (χ2v) is 5.60. The molecule has 4 nitrogen and oxygen atoms in total. The first-order chi connectivity index (χ1) is 11.6. The van der Waals surface area contributed by atoms with Gasteiger partial charge in [-0.15, -0.1) is 0 Å². The number of benzene rings is 2. The number of halogens is 1. The fraction of sp³-hybridized carbons (Fsp3) is 0.211. The molecule has 0 amide bonds. The Hall–Kier alpha value is -2.66. The Morgan fingerprint density at radius 2 is 2.00 bits per heavy atom. The van der Waals surface area contributed by atoms with Crippen molar-refractivity contribution >= 4 is 17.2 Å². The van der Waals surface area contributed by atoms with Gasteiger partial charge in [-0.05, 0) is 41.3 Å². The predicted octanol–water partition coefficient (Wildman–Crippen LogP) is 3.94. The van der Waals surface area contributed by atoms with E-state index < -0.39 is 11.8 Å². The van der Waals surface area contributed by atoms with Crippen LogP contribution in [0.4, 0.5) is 10.1 Å². The van der Waals surface area contributed by atoms with E-state index in [-0.39, 0.29) is 11.3 Å². The highest BCUT2D eigenvalue weighted by molar-refractivity contribution is 5.88. The molecule has 0 aromatic heterocycles. The molecule has 0 aliphatic carbocycles. The van der Waals surface area contributed by atoms with E-state index in [2.05, 4.69) is 23.5 Å². The molecular formula is C19H18FNO3. The van der Waals surface area contributed by atoms with Crippen LogP contribution in [0, 0.1) is 5.82 Å². The number of carboxylic acid groups (broad SMARTS) is 1. The first kappa shape index (κ1) is 16.2. The lowest BCUT2D eigenvalue weighted by Gasteiger charge is -2.14. The summed E-state index contributed by atoms with van der Waals surface area (Å²) < 4.78 is 19.2. The van der Waals surface area contributed by atoms with Gasteiger partial charge in [-0.3, -0.25) is 0 Å². The number of ether oxygens (including phenoxy) is 1. The second kappa shape index (κ2) is 7.27. The van der Waals surface area contributed by atoms with Gasteiger partial charge in [0, 0.05) is 6.54 Å². The molecule has 0 radical (unpaired) electrons. The SMILES string of the molecule is O=C(O)c1ccc(NCc2ccc(C3=CCOCC3)cc2)c(F)c1. The van der Waals surface area contributed by atoms with Crippen LogP contribution in [0.5, 0.6) is 0 Å². The molecule has 24 heavy (non-hydrogen) atoms. The van der Waals surface area contributed by atoms with Gasteiger partial charge in [0.05, 0.1) is 24.5 Å². The van der Waals surface area contributed by atoms with Crippen LogP contribution in [0.15, 0.2) is 48.5 Å². The zero-order valence-electron chi connectivity index (χ0n) is 13.1. The first-order valence-corrected chi connectivity index (χ1v) is 7.76. The second-order valence-electron chi connectivity index (χ2n) is 5.60. The molecule has 0 saturated heterocycles. The van der Waals surface area contributed by atoms with Gasteiger partial charge in [-0.1, -0.05) is 30.3 Å². The summed E-state index contributed by atoms with van der Waals surface area (Å²) in [5, 5.41) is 11.8. The van der Waals surface area contributed by atoms with E-state index in [1.807, 2.05) is 12.1 Å². The maximum absolute atomic E-state index is 13.9. The molecule has 0 fully saturated rings. The normalized spacial score (nSPS) is 14.1. The number of carbonyl (C=O) groups is 1. The largest absolute Gasteiger partial charge is 0.478 e. The molecule has 1 heterocycles. The number of nitrogens with one attached hydrogen (secondary N) is 1. The fourth-order valence-corrected chi connectivity index (χ4v) is 2.61. The van der Waals surface area contributed by atoms with E-state index in [4.69, 9.17) is 9.84 Å². The van der Waals surface area contributed by atoms with Crippen LogP contribution in [0.1, 0.15) is 27.9 Å². The van der Waals surface area contributed by atoms with Gasteiger partial charge < -0.3 is 15.2 Å². The van der Waals surface area contributed by atoms with Crippen molar-refractivity contribution in [1.29, 1.82) is 0 Å². The summed E-state index contributed by atoms with van der Waals surface area (Å²) in [4.78, 5) is 10.8. The van der Waals surface area contributed by atoms with Crippen molar-refractivity contribution in [2.45, 2.75) is 13.0 Å². The Morgan fingerprint density at radius 3 is 2.62 bits per heavy atom. The third-order valence-electron chi connectivity index (χ3n) is 3.99. The monoisotopic (exact) mass is 327 g/mol. The summed E-state index contributed by atoms with van der Waals surface area (Å²) in [6, 6.07) is 12.0. The summed E-state index contributed by atoms with van der Waals surface area (Å²) in [7, 11) is 0. The molecule has 5 heteroatoms. The maximum atomic E-state index is 13.9. The van der Waals surface area contributed by atoms with E-state index in [1.54, 1.807) is 0 Å². The van der Waals surface area contributed by atoms with E-state index in [0.717, 1.165) is 24.7 Å². The molecule has 1 aliphatic rings. The Kier molecular flexibility index (Phi) is 4.91. The number of hydrogen-bond acceptors (Lipinski definition) is 3. The maximum Gasteiger partial charge on any atom is 0.335 e. The highest BCUT2D eigenvalue weighted by Crippen LogP contribution is 2.22. The zero-order chi connectivity index (χ0) is 16.9. The molecule has 0 saturated carbocycles. The fourth-order valence-electron chi connectivity index (χ4n) is 2.61. The summed E-state index contributed by atoms with van der Waals surface area (Å²) in [6.07, 6.45) is 3.01. The minimum Gasteiger partial charge on any atom is -0.478 e. The first-order valence-electron chi connectivity index (χ1n) is 7.76. The minimum atomic E-state index is -1.14. The van der Waals surface area contributed by atoms with Crippen molar-refractivity contribution in [2.24, 2.45) is 0 Å². The summed E-state index contributed by atoms with van der Waals surface area (Å²) >= 11 is 0. The van der Waals surface area contributed by atoms with Crippen molar-refractivity contribution in [3.05, 3.63) is 71.0 Å². The van der Waals surface area contributed by atoms with Gasteiger partial charge in [-0.25, -0.2) is 9.18 Å². The Balaban J connectivity index is 1.64. The highest BCUT2D eigenvalue weighted by atomic mass is 19.1. The van der Waals surface area contributed by atoms with Crippen LogP contribution in [0.25, 0.3) is 5.57 Å². The number of anilines is 1. The van der Waals surface area contributed by atoms with Crippen molar-refractivity contribution in [3.63, 3.8) is 0 Å². The molecule has 124 valence electrons. The molecular weight excluding hydrogens is 309 g/mol. The lowest BCUT2D eigenvalue weighted by molar-refractivity contribution is 0.0696. The minimum absolute atomic E-state index is 0.0628. The van der Waals surface area contributed by atoms with Crippen molar-refractivity contribution < 1.29 is 19.0 Å². The molecule has 0 unspecified atom stereocenters. The van der Waals surface area contributed by atoms with Crippen LogP contribution in [0.3, 0.4) is 0 Å². The smallest absolute Gasteiger partial charge is 0.335 e. The van der Waals surface area contributed by atoms with Crippen molar-refractivity contribution in [2.75, 3.05) is 18.5 Å². The average Bonchev–Trinajstić information content (AvgIpc) is 2.62. The molecule has 0 spiro atoms. The van der Waals surface area contributed by atoms with E-state index in [9.17, 15) is 9.18 Å². The third kappa shape index (κ3) is 3.81. The van der Waals surface area contributed by atoms with Gasteiger partial charge in [-0.2, -0.15) is 0 Å². The van der Waals surface area contributed by atoms with Gasteiger partial charge >= 0.3 is 5.97 Å². The summed E-state index contributed by atoms with van der Waals surface area (Å²) in [5.41, 5.74) is 3.71. The van der Waals surface area contributed by atoms with E-state index in [1.165, 1.54) is 23.3 Å². The van der Waals surface area contributed by atoms with E-state index in [0.29, 0.717) is 13.2 Å². The lowest BCUT2D eigenvalue weighted by Crippen LogP contribution is -2.05. The third-order valence-corrected chi connectivity index (χ3v) is 3.99. The van der Waals surface area contributed by atoms with Gasteiger partial charge in [0.25, 0.3) is 0 Å². The van der Waals surface area contributed by atoms with Crippen LogP contribution >= 0.6 is 0 Å². The van der Waals surface area contributed by atoms with Gasteiger partial charge in [0.1, 0.15) is 5.82 Å². The van der Waals surface area contributed by atoms with Crippen LogP contribution in [-0.2, 0) is 11.3 Å². The van der Waals surface area contributed by atoms with Crippen LogP contribution in [0.2, 0.25) is 0 Å². The van der Waals surface area contributed by atoms with Gasteiger partial charge in [0.15, 0.2) is 0 Å². The number of aromatic carboxylic acids is 1.